The Kier molecular flexibility index (Phi) is 10.4. The van der Waals surface area contributed by atoms with Crippen molar-refractivity contribution in [3.63, 3.8) is 0 Å². The van der Waals surface area contributed by atoms with E-state index in [-0.39, 0.29) is 30.1 Å². The van der Waals surface area contributed by atoms with E-state index < -0.39 is 0 Å². The molecule has 1 aliphatic heterocycles. The Morgan fingerprint density at radius 2 is 2.20 bits per heavy atom. The molecular formula is C22H33IN4O2S. The monoisotopic (exact) mass is 544 g/mol. The largest absolute Gasteiger partial charge is 0.496 e. The molecule has 166 valence electrons. The number of guanidine groups is 1. The van der Waals surface area contributed by atoms with Gasteiger partial charge in [0.25, 0.3) is 0 Å². The van der Waals surface area contributed by atoms with Crippen molar-refractivity contribution in [2.45, 2.75) is 32.5 Å². The number of aryl methyl sites for hydroxylation is 1. The number of morpholine rings is 1. The zero-order valence-electron chi connectivity index (χ0n) is 18.2. The molecule has 8 heteroatoms. The van der Waals surface area contributed by atoms with E-state index in [1.54, 1.807) is 25.5 Å². The van der Waals surface area contributed by atoms with Crippen molar-refractivity contribution in [2.75, 3.05) is 40.4 Å². The van der Waals surface area contributed by atoms with Gasteiger partial charge in [-0.25, -0.2) is 0 Å². The lowest BCUT2D eigenvalue weighted by atomic mass is 10.1. The van der Waals surface area contributed by atoms with Crippen LogP contribution >= 0.6 is 35.3 Å². The summed E-state index contributed by atoms with van der Waals surface area (Å²) in [5.74, 6) is 1.68. The first-order chi connectivity index (χ1) is 14.1. The molecular weight excluding hydrogens is 511 g/mol. The molecule has 3 rings (SSSR count). The maximum absolute atomic E-state index is 5.73. The molecule has 2 atom stereocenters. The molecule has 2 unspecified atom stereocenters. The fraction of sp³-hybridized carbons (Fsp3) is 0.500. The second kappa shape index (κ2) is 12.5. The highest BCUT2D eigenvalue weighted by atomic mass is 127. The summed E-state index contributed by atoms with van der Waals surface area (Å²) < 4.78 is 11.2. The van der Waals surface area contributed by atoms with Crippen LogP contribution in [0.25, 0.3) is 0 Å². The van der Waals surface area contributed by atoms with E-state index in [1.807, 2.05) is 0 Å². The van der Waals surface area contributed by atoms with E-state index in [0.29, 0.717) is 12.6 Å². The number of nitrogens with zero attached hydrogens (tertiary/aromatic N) is 2. The van der Waals surface area contributed by atoms with Crippen LogP contribution in [0.2, 0.25) is 0 Å². The summed E-state index contributed by atoms with van der Waals surface area (Å²) in [6, 6.07) is 10.9. The molecule has 1 aromatic heterocycles. The molecule has 0 amide bonds. The van der Waals surface area contributed by atoms with Gasteiger partial charge in [0.05, 0.1) is 25.9 Å². The van der Waals surface area contributed by atoms with Crippen molar-refractivity contribution >= 4 is 41.3 Å². The predicted molar refractivity (Wildman–Crippen MR) is 135 cm³/mol. The molecule has 1 aromatic carbocycles. The van der Waals surface area contributed by atoms with Gasteiger partial charge in [0.15, 0.2) is 5.96 Å². The summed E-state index contributed by atoms with van der Waals surface area (Å²) >= 11 is 1.80. The molecule has 0 radical (unpaired) electrons. The highest BCUT2D eigenvalue weighted by molar-refractivity contribution is 14.0. The Balaban J connectivity index is 0.00000320. The lowest BCUT2D eigenvalue weighted by molar-refractivity contribution is -0.0334. The van der Waals surface area contributed by atoms with Crippen LogP contribution in [-0.4, -0.2) is 57.4 Å². The van der Waals surface area contributed by atoms with Gasteiger partial charge in [0.2, 0.25) is 0 Å². The zero-order chi connectivity index (χ0) is 20.6. The van der Waals surface area contributed by atoms with Gasteiger partial charge >= 0.3 is 0 Å². The normalized spacial score (nSPS) is 18.4. The Hall–Kier alpha value is -1.36. The Morgan fingerprint density at radius 3 is 2.87 bits per heavy atom. The summed E-state index contributed by atoms with van der Waals surface area (Å²) in [5, 5.41) is 9.06. The van der Waals surface area contributed by atoms with Gasteiger partial charge in [-0.2, -0.15) is 0 Å². The molecule has 1 aliphatic rings. The first-order valence-electron chi connectivity index (χ1n) is 10.1. The van der Waals surface area contributed by atoms with E-state index in [0.717, 1.165) is 43.5 Å². The van der Waals surface area contributed by atoms with E-state index in [4.69, 9.17) is 9.47 Å². The third-order valence-corrected chi connectivity index (χ3v) is 6.13. The average molecular weight is 545 g/mol. The molecule has 0 aliphatic carbocycles. The number of ether oxygens (including phenoxy) is 2. The van der Waals surface area contributed by atoms with Crippen LogP contribution in [0, 0.1) is 6.92 Å². The van der Waals surface area contributed by atoms with Crippen molar-refractivity contribution in [2.24, 2.45) is 4.99 Å². The summed E-state index contributed by atoms with van der Waals surface area (Å²) in [6.07, 6.45) is 0.262. The molecule has 0 saturated carbocycles. The number of hydrogen-bond donors (Lipinski definition) is 2. The number of hydrogen-bond acceptors (Lipinski definition) is 5. The first kappa shape index (κ1) is 24.9. The van der Waals surface area contributed by atoms with E-state index >= 15 is 0 Å². The Labute approximate surface area is 201 Å². The van der Waals surface area contributed by atoms with Crippen molar-refractivity contribution in [1.29, 1.82) is 0 Å². The molecule has 1 saturated heterocycles. The molecule has 2 heterocycles. The van der Waals surface area contributed by atoms with Gasteiger partial charge in [-0.05, 0) is 36.9 Å². The smallest absolute Gasteiger partial charge is 0.191 e. The van der Waals surface area contributed by atoms with Crippen molar-refractivity contribution in [1.82, 2.24) is 15.5 Å². The standard InChI is InChI=1S/C22H32N4O2S.HI/c1-16-7-8-18(20(12-16)27-4)13-24-22(23-3)25-14-19(21-6-5-11-29-21)26-9-10-28-17(2)15-26;/h5-8,11-12,17,19H,9-10,13-15H2,1-4H3,(H2,23,24,25);1H. The maximum Gasteiger partial charge on any atom is 0.191 e. The van der Waals surface area contributed by atoms with Crippen molar-refractivity contribution in [3.05, 3.63) is 51.7 Å². The number of nitrogens with one attached hydrogen (secondary N) is 2. The third-order valence-electron chi connectivity index (χ3n) is 5.16. The molecule has 0 bridgehead atoms. The Morgan fingerprint density at radius 1 is 1.37 bits per heavy atom. The number of thiophene rings is 1. The Bertz CT molecular complexity index is 800. The molecule has 0 spiro atoms. The highest BCUT2D eigenvalue weighted by Gasteiger charge is 2.26. The van der Waals surface area contributed by atoms with Gasteiger partial charge in [-0.15, -0.1) is 35.3 Å². The summed E-state index contributed by atoms with van der Waals surface area (Å²) in [6.45, 7) is 8.32. The SMILES string of the molecule is CN=C(NCc1ccc(C)cc1OC)NCC(c1cccs1)N1CCOC(C)C1.I. The van der Waals surface area contributed by atoms with E-state index in [1.165, 1.54) is 10.4 Å². The summed E-state index contributed by atoms with van der Waals surface area (Å²) in [4.78, 5) is 8.27. The van der Waals surface area contributed by atoms with Crippen molar-refractivity contribution in [3.8, 4) is 5.75 Å². The molecule has 2 aromatic rings. The fourth-order valence-electron chi connectivity index (χ4n) is 3.61. The number of aliphatic imine (C=N–C) groups is 1. The van der Waals surface area contributed by atoms with E-state index in [9.17, 15) is 0 Å². The van der Waals surface area contributed by atoms with Crippen LogP contribution in [0.15, 0.2) is 40.7 Å². The number of halogens is 1. The predicted octanol–water partition coefficient (Wildman–Crippen LogP) is 3.81. The minimum atomic E-state index is 0. The second-order valence-electron chi connectivity index (χ2n) is 7.33. The summed E-state index contributed by atoms with van der Waals surface area (Å²) in [7, 11) is 3.51. The maximum atomic E-state index is 5.73. The van der Waals surface area contributed by atoms with Crippen LogP contribution in [0.1, 0.15) is 29.0 Å². The first-order valence-corrected chi connectivity index (χ1v) is 11.0. The minimum Gasteiger partial charge on any atom is -0.496 e. The van der Waals surface area contributed by atoms with Crippen LogP contribution in [0.4, 0.5) is 0 Å². The van der Waals surface area contributed by atoms with Crippen LogP contribution < -0.4 is 15.4 Å². The minimum absolute atomic E-state index is 0. The van der Waals surface area contributed by atoms with E-state index in [2.05, 4.69) is 70.1 Å². The van der Waals surface area contributed by atoms with Gasteiger partial charge in [0, 0.05) is 43.7 Å². The zero-order valence-corrected chi connectivity index (χ0v) is 21.3. The molecule has 2 N–H and O–H groups in total. The lowest BCUT2D eigenvalue weighted by Gasteiger charge is -2.37. The average Bonchev–Trinajstić information content (AvgIpc) is 3.25. The topological polar surface area (TPSA) is 58.1 Å². The van der Waals surface area contributed by atoms with Crippen LogP contribution in [-0.2, 0) is 11.3 Å². The van der Waals surface area contributed by atoms with Gasteiger partial charge in [-0.1, -0.05) is 18.2 Å². The second-order valence-corrected chi connectivity index (χ2v) is 8.31. The number of rotatable bonds is 7. The number of benzene rings is 1. The van der Waals surface area contributed by atoms with Crippen LogP contribution in [0.5, 0.6) is 5.75 Å². The fourth-order valence-corrected chi connectivity index (χ4v) is 4.47. The van der Waals surface area contributed by atoms with Gasteiger partial charge in [-0.3, -0.25) is 9.89 Å². The number of methoxy groups -OCH3 is 1. The third kappa shape index (κ3) is 6.83. The van der Waals surface area contributed by atoms with Gasteiger partial charge in [0.1, 0.15) is 5.75 Å². The summed E-state index contributed by atoms with van der Waals surface area (Å²) in [5.41, 5.74) is 2.30. The lowest BCUT2D eigenvalue weighted by Crippen LogP contribution is -2.47. The highest BCUT2D eigenvalue weighted by Crippen LogP contribution is 2.26. The van der Waals surface area contributed by atoms with Crippen molar-refractivity contribution < 1.29 is 9.47 Å². The quantitative estimate of drug-likeness (QED) is 0.316. The van der Waals surface area contributed by atoms with Gasteiger partial charge < -0.3 is 20.1 Å². The van der Waals surface area contributed by atoms with Crippen LogP contribution in [0.3, 0.4) is 0 Å². The molecule has 30 heavy (non-hydrogen) atoms. The molecule has 1 fully saturated rings. The molecule has 6 nitrogen and oxygen atoms in total.